The van der Waals surface area contributed by atoms with Crippen molar-refractivity contribution in [2.24, 2.45) is 0 Å². The van der Waals surface area contributed by atoms with Crippen LogP contribution in [-0.4, -0.2) is 42.6 Å². The standard InChI is InChI=1S/C26H22ClF3N8O2/c1-14(2)33-24(39)18-9-16(11-31)8-15(3)23(18)34-25(40)21-10-17(13-37-32-12-22(36-37)26(28,29)30)35-38(21)20-7-5-4-6-19(20)27/h4-10,12,14H,13H2,1-3H3,(H,33,39)(H,34,40). The van der Waals surface area contributed by atoms with Crippen LogP contribution in [0.2, 0.25) is 5.02 Å². The van der Waals surface area contributed by atoms with E-state index in [1.165, 1.54) is 22.9 Å². The predicted molar refractivity (Wildman–Crippen MR) is 139 cm³/mol. The van der Waals surface area contributed by atoms with Gasteiger partial charge in [0.15, 0.2) is 5.69 Å². The highest BCUT2D eigenvalue weighted by molar-refractivity contribution is 6.32. The van der Waals surface area contributed by atoms with Gasteiger partial charge in [-0.25, -0.2) is 4.68 Å². The van der Waals surface area contributed by atoms with E-state index in [-0.39, 0.29) is 45.8 Å². The van der Waals surface area contributed by atoms with Gasteiger partial charge in [0, 0.05) is 6.04 Å². The molecule has 0 fully saturated rings. The van der Waals surface area contributed by atoms with Gasteiger partial charge in [-0.15, -0.1) is 5.10 Å². The van der Waals surface area contributed by atoms with Gasteiger partial charge in [0.1, 0.15) is 12.2 Å². The lowest BCUT2D eigenvalue weighted by Gasteiger charge is -2.16. The summed E-state index contributed by atoms with van der Waals surface area (Å²) in [5, 5.41) is 26.6. The van der Waals surface area contributed by atoms with Crippen LogP contribution in [0.15, 0.2) is 48.7 Å². The normalized spacial score (nSPS) is 11.4. The number of benzene rings is 2. The number of hydrogen-bond acceptors (Lipinski definition) is 6. The molecule has 2 heterocycles. The van der Waals surface area contributed by atoms with Crippen LogP contribution >= 0.6 is 11.6 Å². The highest BCUT2D eigenvalue weighted by atomic mass is 35.5. The molecule has 0 radical (unpaired) electrons. The van der Waals surface area contributed by atoms with E-state index in [4.69, 9.17) is 11.6 Å². The van der Waals surface area contributed by atoms with Crippen LogP contribution in [0.5, 0.6) is 0 Å². The molecular formula is C26H22ClF3N8O2. The second-order valence-corrected chi connectivity index (χ2v) is 9.46. The molecule has 206 valence electrons. The first-order valence-electron chi connectivity index (χ1n) is 11.9. The summed E-state index contributed by atoms with van der Waals surface area (Å²) in [6, 6.07) is 12.6. The Kier molecular flexibility index (Phi) is 7.92. The van der Waals surface area contributed by atoms with Crippen molar-refractivity contribution in [2.75, 3.05) is 5.32 Å². The van der Waals surface area contributed by atoms with E-state index in [1.54, 1.807) is 45.0 Å². The number of para-hydroxylation sites is 1. The van der Waals surface area contributed by atoms with E-state index in [1.807, 2.05) is 6.07 Å². The van der Waals surface area contributed by atoms with Gasteiger partial charge < -0.3 is 10.6 Å². The second-order valence-electron chi connectivity index (χ2n) is 9.05. The van der Waals surface area contributed by atoms with Gasteiger partial charge in [-0.2, -0.15) is 33.4 Å². The average Bonchev–Trinajstić information content (AvgIpc) is 3.52. The molecule has 0 aliphatic heterocycles. The molecule has 0 unspecified atom stereocenters. The van der Waals surface area contributed by atoms with Crippen molar-refractivity contribution in [2.45, 2.75) is 39.5 Å². The molecule has 2 aromatic carbocycles. The van der Waals surface area contributed by atoms with Crippen LogP contribution in [0.4, 0.5) is 18.9 Å². The number of amides is 2. The molecule has 0 aliphatic carbocycles. The third-order valence-electron chi connectivity index (χ3n) is 5.57. The number of rotatable bonds is 7. The SMILES string of the molecule is Cc1cc(C#N)cc(C(=O)NC(C)C)c1NC(=O)c1cc(Cn2ncc(C(F)(F)F)n2)nn1-c1ccccc1Cl. The lowest BCUT2D eigenvalue weighted by atomic mass is 10.0. The zero-order valence-electron chi connectivity index (χ0n) is 21.4. The molecule has 0 saturated heterocycles. The molecule has 2 N–H and O–H groups in total. The molecule has 2 aromatic heterocycles. The minimum atomic E-state index is -4.67. The average molecular weight is 571 g/mol. The maximum atomic E-state index is 13.6. The number of nitrogens with zero attached hydrogens (tertiary/aromatic N) is 6. The molecule has 2 amide bonds. The summed E-state index contributed by atoms with van der Waals surface area (Å²) < 4.78 is 40.2. The lowest BCUT2D eigenvalue weighted by Crippen LogP contribution is -2.31. The van der Waals surface area contributed by atoms with Crippen LogP contribution in [0.1, 0.15) is 57.2 Å². The fourth-order valence-electron chi connectivity index (χ4n) is 3.84. The Morgan fingerprint density at radius 2 is 1.85 bits per heavy atom. The molecule has 10 nitrogen and oxygen atoms in total. The fourth-order valence-corrected chi connectivity index (χ4v) is 4.05. The zero-order chi connectivity index (χ0) is 29.2. The summed E-state index contributed by atoms with van der Waals surface area (Å²) >= 11 is 6.36. The second kappa shape index (κ2) is 11.2. The van der Waals surface area contributed by atoms with Crippen molar-refractivity contribution < 1.29 is 22.8 Å². The number of aryl methyl sites for hydroxylation is 1. The number of anilines is 1. The quantitative estimate of drug-likeness (QED) is 0.330. The summed E-state index contributed by atoms with van der Waals surface area (Å²) in [6.07, 6.45) is -4.07. The number of carbonyl (C=O) groups is 2. The third kappa shape index (κ3) is 6.13. The van der Waals surface area contributed by atoms with Crippen molar-refractivity contribution >= 4 is 29.1 Å². The molecule has 4 rings (SSSR count). The van der Waals surface area contributed by atoms with Gasteiger partial charge in [0.2, 0.25) is 0 Å². The Morgan fingerprint density at radius 1 is 1.12 bits per heavy atom. The molecule has 0 atom stereocenters. The number of nitrogens with one attached hydrogen (secondary N) is 2. The van der Waals surface area contributed by atoms with Gasteiger partial charge in [0.25, 0.3) is 11.8 Å². The Bertz CT molecular complexity index is 1640. The van der Waals surface area contributed by atoms with Gasteiger partial charge in [-0.05, 0) is 56.7 Å². The fraction of sp³-hybridized carbons (Fsp3) is 0.231. The largest absolute Gasteiger partial charge is 0.436 e. The smallest absolute Gasteiger partial charge is 0.350 e. The van der Waals surface area contributed by atoms with Crippen LogP contribution in [0.25, 0.3) is 5.69 Å². The molecular weight excluding hydrogens is 549 g/mol. The third-order valence-corrected chi connectivity index (χ3v) is 5.89. The molecule has 0 bridgehead atoms. The van der Waals surface area contributed by atoms with E-state index >= 15 is 0 Å². The van der Waals surface area contributed by atoms with Gasteiger partial charge >= 0.3 is 6.18 Å². The minimum Gasteiger partial charge on any atom is -0.350 e. The van der Waals surface area contributed by atoms with E-state index in [0.29, 0.717) is 17.4 Å². The zero-order valence-corrected chi connectivity index (χ0v) is 22.2. The Morgan fingerprint density at radius 3 is 2.48 bits per heavy atom. The first-order valence-corrected chi connectivity index (χ1v) is 12.2. The molecule has 0 aliphatic rings. The molecule has 4 aromatic rings. The van der Waals surface area contributed by atoms with Crippen LogP contribution < -0.4 is 10.6 Å². The maximum Gasteiger partial charge on any atom is 0.436 e. The number of hydrogen-bond donors (Lipinski definition) is 2. The number of alkyl halides is 3. The van der Waals surface area contributed by atoms with Crippen LogP contribution in [0, 0.1) is 18.3 Å². The van der Waals surface area contributed by atoms with Crippen molar-refractivity contribution in [1.29, 1.82) is 5.26 Å². The minimum absolute atomic E-state index is 0.0229. The van der Waals surface area contributed by atoms with Gasteiger partial charge in [-0.3, -0.25) is 9.59 Å². The molecule has 14 heteroatoms. The number of aromatic nitrogens is 5. The first kappa shape index (κ1) is 28.3. The van der Waals surface area contributed by atoms with Crippen molar-refractivity contribution in [3.63, 3.8) is 0 Å². The van der Waals surface area contributed by atoms with Crippen molar-refractivity contribution in [3.8, 4) is 11.8 Å². The molecule has 40 heavy (non-hydrogen) atoms. The maximum absolute atomic E-state index is 13.6. The van der Waals surface area contributed by atoms with E-state index in [9.17, 15) is 28.0 Å². The Hall–Kier alpha value is -4.70. The van der Waals surface area contributed by atoms with E-state index < -0.39 is 23.7 Å². The lowest BCUT2D eigenvalue weighted by molar-refractivity contribution is -0.141. The molecule has 0 spiro atoms. The summed E-state index contributed by atoms with van der Waals surface area (Å²) in [4.78, 5) is 27.4. The first-order chi connectivity index (χ1) is 18.9. The highest BCUT2D eigenvalue weighted by Crippen LogP contribution is 2.28. The van der Waals surface area contributed by atoms with Gasteiger partial charge in [-0.1, -0.05) is 23.7 Å². The number of nitriles is 1. The highest BCUT2D eigenvalue weighted by Gasteiger charge is 2.34. The summed E-state index contributed by atoms with van der Waals surface area (Å²) in [7, 11) is 0. The van der Waals surface area contributed by atoms with Gasteiger partial charge in [0.05, 0.1) is 45.5 Å². The summed E-state index contributed by atoms with van der Waals surface area (Å²) in [5.41, 5.74) is 0.276. The van der Waals surface area contributed by atoms with Crippen molar-refractivity contribution in [3.05, 3.63) is 87.5 Å². The van der Waals surface area contributed by atoms with Crippen LogP contribution in [-0.2, 0) is 12.7 Å². The topological polar surface area (TPSA) is 131 Å². The van der Waals surface area contributed by atoms with E-state index in [0.717, 1.165) is 4.80 Å². The number of carbonyl (C=O) groups excluding carboxylic acids is 2. The Balaban J connectivity index is 1.75. The molecule has 0 saturated carbocycles. The predicted octanol–water partition coefficient (Wildman–Crippen LogP) is 4.75. The van der Waals surface area contributed by atoms with E-state index in [2.05, 4.69) is 25.9 Å². The van der Waals surface area contributed by atoms with Crippen LogP contribution in [0.3, 0.4) is 0 Å². The monoisotopic (exact) mass is 570 g/mol. The van der Waals surface area contributed by atoms with Crippen molar-refractivity contribution in [1.82, 2.24) is 30.1 Å². The Labute approximate surface area is 231 Å². The number of halogens is 4. The summed E-state index contributed by atoms with van der Waals surface area (Å²) in [5.74, 6) is -1.18. The summed E-state index contributed by atoms with van der Waals surface area (Å²) in [6.45, 7) is 4.91.